The molecule has 3 saturated heterocycles. The average Bonchev–Trinajstić information content (AvgIpc) is 3.21. The molecule has 3 aliphatic rings. The minimum atomic E-state index is -4.75. The minimum Gasteiger partial charge on any atom is -0.371 e. The fourth-order valence-electron chi connectivity index (χ4n) is 7.52. The fraction of sp³-hybridized carbons (Fsp3) is 0.410. The second-order valence-corrected chi connectivity index (χ2v) is 16.8. The van der Waals surface area contributed by atoms with E-state index in [-0.39, 0.29) is 43.0 Å². The molecular formula is C39H45F4N11O4S. The van der Waals surface area contributed by atoms with Gasteiger partial charge in [0.25, 0.3) is 0 Å². The van der Waals surface area contributed by atoms with Crippen LogP contribution in [0, 0.1) is 5.82 Å². The SMILES string of the molecule is CN(c1ncccc1CNc1nc(Nc2ccc(N3CCC(N4CCN(Cc5ccc(N6CCC(=O)NC6=O)cc5F)CC4)CC3)cc2)ncc1C(F)(F)F)S(C)(=O)=O. The standard InChI is InChI=1S/C39H45F4N11O4S/c1-50(59(2,57)58)36-26(4-3-14-44-36)23-45-35-32(39(41,42)43)24-46-37(49-35)47-28-6-9-29(10-7-28)52-15-11-30(12-16-52)53-20-18-51(19-21-53)25-27-5-8-31(22-33(27)40)54-17-13-34(55)48-38(54)56/h3-10,14,22,24,30H,11-13,15-21,23,25H2,1-2H3,(H,48,55,56)(H2,45,46,47,49). The van der Waals surface area contributed by atoms with Crippen molar-refractivity contribution in [3.05, 3.63) is 89.5 Å². The van der Waals surface area contributed by atoms with Crippen LogP contribution in [0.5, 0.6) is 0 Å². The van der Waals surface area contributed by atoms with E-state index in [4.69, 9.17) is 0 Å². The highest BCUT2D eigenvalue weighted by Gasteiger charge is 2.36. The minimum absolute atomic E-state index is 0.0557. The number of sulfonamides is 1. The van der Waals surface area contributed by atoms with Crippen LogP contribution in [0.3, 0.4) is 0 Å². The van der Waals surface area contributed by atoms with Crippen LogP contribution in [0.2, 0.25) is 0 Å². The smallest absolute Gasteiger partial charge is 0.371 e. The summed E-state index contributed by atoms with van der Waals surface area (Å²) >= 11 is 0. The summed E-state index contributed by atoms with van der Waals surface area (Å²) in [5.74, 6) is -1.17. The second kappa shape index (κ2) is 17.3. The molecule has 3 N–H and O–H groups in total. The lowest BCUT2D eigenvalue weighted by molar-refractivity contribution is -0.137. The van der Waals surface area contributed by atoms with E-state index >= 15 is 4.39 Å². The number of halogens is 4. The molecule has 2 aromatic heterocycles. The molecule has 7 rings (SSSR count). The van der Waals surface area contributed by atoms with Crippen LogP contribution < -0.4 is 30.1 Å². The number of nitrogens with one attached hydrogen (secondary N) is 3. The van der Waals surface area contributed by atoms with Gasteiger partial charge in [-0.15, -0.1) is 0 Å². The normalized spacial score (nSPS) is 17.5. The number of piperazine rings is 1. The molecule has 3 aliphatic heterocycles. The number of anilines is 6. The van der Waals surface area contributed by atoms with Gasteiger partial charge in [0.15, 0.2) is 0 Å². The number of alkyl halides is 3. The number of hydrogen-bond donors (Lipinski definition) is 3. The first-order valence-electron chi connectivity index (χ1n) is 19.2. The number of rotatable bonds is 12. The molecule has 4 aromatic rings. The molecule has 0 unspecified atom stereocenters. The van der Waals surface area contributed by atoms with Gasteiger partial charge >= 0.3 is 12.2 Å². The molecule has 20 heteroatoms. The van der Waals surface area contributed by atoms with Crippen molar-refractivity contribution in [2.75, 3.05) is 83.9 Å². The fourth-order valence-corrected chi connectivity index (χ4v) is 7.99. The largest absolute Gasteiger partial charge is 0.421 e. The molecular weight excluding hydrogens is 795 g/mol. The molecule has 0 saturated carbocycles. The number of benzene rings is 2. The first kappa shape index (κ1) is 41.6. The monoisotopic (exact) mass is 839 g/mol. The number of pyridine rings is 1. The van der Waals surface area contributed by atoms with E-state index in [2.05, 4.69) is 45.6 Å². The third kappa shape index (κ3) is 9.99. The van der Waals surface area contributed by atoms with Gasteiger partial charge in [-0.2, -0.15) is 18.2 Å². The summed E-state index contributed by atoms with van der Waals surface area (Å²) in [5.41, 5.74) is 1.86. The lowest BCUT2D eigenvalue weighted by Crippen LogP contribution is -2.53. The van der Waals surface area contributed by atoms with Gasteiger partial charge in [-0.3, -0.25) is 29.1 Å². The van der Waals surface area contributed by atoms with Gasteiger partial charge in [-0.05, 0) is 55.3 Å². The highest BCUT2D eigenvalue weighted by molar-refractivity contribution is 7.92. The van der Waals surface area contributed by atoms with Gasteiger partial charge in [0.2, 0.25) is 21.9 Å². The predicted octanol–water partition coefficient (Wildman–Crippen LogP) is 5.01. The van der Waals surface area contributed by atoms with Crippen LogP contribution in [0.1, 0.15) is 36.0 Å². The van der Waals surface area contributed by atoms with Crippen LogP contribution in [-0.2, 0) is 34.1 Å². The topological polar surface area (TPSA) is 159 Å². The summed E-state index contributed by atoms with van der Waals surface area (Å²) in [7, 11) is -2.35. The number of carbonyl (C=O) groups is 2. The summed E-state index contributed by atoms with van der Waals surface area (Å²) in [5, 5.41) is 7.95. The van der Waals surface area contributed by atoms with E-state index in [9.17, 15) is 31.2 Å². The Labute approximate surface area is 339 Å². The first-order chi connectivity index (χ1) is 28.1. The lowest BCUT2D eigenvalue weighted by Gasteiger charge is -2.43. The van der Waals surface area contributed by atoms with E-state index in [1.165, 1.54) is 24.2 Å². The van der Waals surface area contributed by atoms with Gasteiger partial charge in [-0.1, -0.05) is 12.1 Å². The summed E-state index contributed by atoms with van der Waals surface area (Å²) in [6, 6.07) is 15.3. The molecule has 15 nitrogen and oxygen atoms in total. The third-order valence-corrected chi connectivity index (χ3v) is 12.0. The number of urea groups is 1. The number of carbonyl (C=O) groups excluding carboxylic acids is 2. The van der Waals surface area contributed by atoms with Crippen molar-refractivity contribution in [3.63, 3.8) is 0 Å². The average molecular weight is 840 g/mol. The van der Waals surface area contributed by atoms with Gasteiger partial charge in [0, 0.05) is 119 Å². The van der Waals surface area contributed by atoms with Crippen LogP contribution in [0.4, 0.5) is 57.0 Å². The maximum Gasteiger partial charge on any atom is 0.421 e. The van der Waals surface area contributed by atoms with E-state index in [0.29, 0.717) is 41.3 Å². The zero-order valence-electron chi connectivity index (χ0n) is 32.5. The Morgan fingerprint density at radius 3 is 2.29 bits per heavy atom. The Morgan fingerprint density at radius 1 is 0.915 bits per heavy atom. The highest BCUT2D eigenvalue weighted by Crippen LogP contribution is 2.35. The van der Waals surface area contributed by atoms with Gasteiger partial charge in [0.05, 0.1) is 6.26 Å². The quantitative estimate of drug-likeness (QED) is 0.164. The first-order valence-corrected chi connectivity index (χ1v) is 21.0. The van der Waals surface area contributed by atoms with Crippen molar-refractivity contribution in [2.24, 2.45) is 0 Å². The van der Waals surface area contributed by atoms with E-state index in [1.807, 2.05) is 24.3 Å². The number of amides is 3. The molecule has 59 heavy (non-hydrogen) atoms. The zero-order chi connectivity index (χ0) is 41.9. The van der Waals surface area contributed by atoms with Crippen molar-refractivity contribution in [3.8, 4) is 0 Å². The molecule has 3 fully saturated rings. The van der Waals surface area contributed by atoms with E-state index < -0.39 is 33.6 Å². The Hall–Kier alpha value is -5.60. The number of piperidine rings is 1. The molecule has 5 heterocycles. The maximum absolute atomic E-state index is 15.1. The lowest BCUT2D eigenvalue weighted by atomic mass is 10.0. The van der Waals surface area contributed by atoms with Crippen molar-refractivity contribution >= 4 is 56.6 Å². The maximum atomic E-state index is 15.1. The number of imide groups is 1. The molecule has 0 atom stereocenters. The van der Waals surface area contributed by atoms with E-state index in [0.717, 1.165) is 68.4 Å². The molecule has 0 bridgehead atoms. The second-order valence-electron chi connectivity index (χ2n) is 14.8. The van der Waals surface area contributed by atoms with Gasteiger partial charge in [-0.25, -0.2) is 27.6 Å². The van der Waals surface area contributed by atoms with Crippen LogP contribution in [0.25, 0.3) is 0 Å². The number of aromatic nitrogens is 3. The molecule has 0 radical (unpaired) electrons. The number of nitrogens with zero attached hydrogens (tertiary/aromatic N) is 8. The zero-order valence-corrected chi connectivity index (χ0v) is 33.4. The van der Waals surface area contributed by atoms with Crippen LogP contribution >= 0.6 is 0 Å². The van der Waals surface area contributed by atoms with Crippen molar-refractivity contribution in [2.45, 2.75) is 44.6 Å². The third-order valence-electron chi connectivity index (χ3n) is 10.9. The number of hydrogen-bond acceptors (Lipinski definition) is 12. The Kier molecular flexibility index (Phi) is 12.2. The summed E-state index contributed by atoms with van der Waals surface area (Å²) in [4.78, 5) is 44.2. The van der Waals surface area contributed by atoms with Crippen molar-refractivity contribution in [1.82, 2.24) is 30.1 Å². The van der Waals surface area contributed by atoms with Gasteiger partial charge < -0.3 is 15.5 Å². The molecule has 2 aromatic carbocycles. The Bertz CT molecular complexity index is 2270. The van der Waals surface area contributed by atoms with Crippen LogP contribution in [0.15, 0.2) is 67.0 Å². The van der Waals surface area contributed by atoms with Gasteiger partial charge in [0.1, 0.15) is 23.0 Å². The molecule has 314 valence electrons. The Morgan fingerprint density at radius 2 is 1.63 bits per heavy atom. The summed E-state index contributed by atoms with van der Waals surface area (Å²) in [6.07, 6.45) is 0.487. The van der Waals surface area contributed by atoms with Crippen molar-refractivity contribution < 1.29 is 35.6 Å². The summed E-state index contributed by atoms with van der Waals surface area (Å²) in [6.45, 7) is 5.58. The highest BCUT2D eigenvalue weighted by atomic mass is 32.2. The molecule has 3 amide bonds. The Balaban J connectivity index is 0.897. The molecule has 0 aliphatic carbocycles. The van der Waals surface area contributed by atoms with Crippen molar-refractivity contribution in [1.29, 1.82) is 0 Å². The summed E-state index contributed by atoms with van der Waals surface area (Å²) < 4.78 is 82.1. The van der Waals surface area contributed by atoms with Crippen LogP contribution in [-0.4, -0.2) is 110 Å². The molecule has 0 spiro atoms. The predicted molar refractivity (Wildman–Crippen MR) is 216 cm³/mol. The van der Waals surface area contributed by atoms with E-state index in [1.54, 1.807) is 24.3 Å².